The lowest BCUT2D eigenvalue weighted by molar-refractivity contribution is -0.121. The lowest BCUT2D eigenvalue weighted by Gasteiger charge is -2.09. The fourth-order valence-electron chi connectivity index (χ4n) is 2.04. The molecule has 2 rings (SSSR count). The fraction of sp³-hybridized carbons (Fsp3) is 0.385. The first-order valence-corrected chi connectivity index (χ1v) is 5.89. The third-order valence-corrected chi connectivity index (χ3v) is 2.99. The number of para-hydroxylation sites is 1. The molecular weight excluding hydrogens is 216 g/mol. The topological polar surface area (TPSA) is 58.2 Å². The molecule has 1 aromatic carbocycles. The second-order valence-electron chi connectivity index (χ2n) is 4.12. The van der Waals surface area contributed by atoms with Crippen LogP contribution >= 0.6 is 0 Å². The molecule has 0 saturated heterocycles. The van der Waals surface area contributed by atoms with E-state index in [1.165, 1.54) is 0 Å². The van der Waals surface area contributed by atoms with Gasteiger partial charge in [-0.05, 0) is 18.1 Å². The third kappa shape index (κ3) is 2.46. The third-order valence-electron chi connectivity index (χ3n) is 2.99. The van der Waals surface area contributed by atoms with Crippen LogP contribution in [0.5, 0.6) is 0 Å². The molecular formula is C13H16N2O2. The normalized spacial score (nSPS) is 17.5. The van der Waals surface area contributed by atoms with Gasteiger partial charge in [0.15, 0.2) is 0 Å². The standard InChI is InChI=1S/C13H16N2O2/c1-2-12(16)14-8-7-10-9-5-3-4-6-11(9)15-13(10)17/h3-6,10H,2,7-8H2,1H3,(H,14,16)(H,15,17). The van der Waals surface area contributed by atoms with Crippen LogP contribution in [-0.2, 0) is 9.59 Å². The Kier molecular flexibility index (Phi) is 3.42. The first-order valence-electron chi connectivity index (χ1n) is 5.89. The number of nitrogens with one attached hydrogen (secondary N) is 2. The maximum absolute atomic E-state index is 11.8. The molecule has 1 atom stereocenters. The molecule has 0 aliphatic carbocycles. The van der Waals surface area contributed by atoms with E-state index < -0.39 is 0 Å². The number of benzene rings is 1. The van der Waals surface area contributed by atoms with Gasteiger partial charge >= 0.3 is 0 Å². The summed E-state index contributed by atoms with van der Waals surface area (Å²) in [6.45, 7) is 2.35. The van der Waals surface area contributed by atoms with E-state index in [1.807, 2.05) is 31.2 Å². The number of carbonyl (C=O) groups is 2. The highest BCUT2D eigenvalue weighted by molar-refractivity contribution is 6.02. The van der Waals surface area contributed by atoms with E-state index in [1.54, 1.807) is 0 Å². The summed E-state index contributed by atoms with van der Waals surface area (Å²) < 4.78 is 0. The molecule has 0 aromatic heterocycles. The van der Waals surface area contributed by atoms with E-state index in [9.17, 15) is 9.59 Å². The van der Waals surface area contributed by atoms with E-state index in [-0.39, 0.29) is 17.7 Å². The van der Waals surface area contributed by atoms with Gasteiger partial charge in [-0.25, -0.2) is 0 Å². The van der Waals surface area contributed by atoms with Crippen molar-refractivity contribution in [3.05, 3.63) is 29.8 Å². The molecule has 4 nitrogen and oxygen atoms in total. The maximum Gasteiger partial charge on any atom is 0.232 e. The van der Waals surface area contributed by atoms with Gasteiger partial charge in [-0.3, -0.25) is 9.59 Å². The van der Waals surface area contributed by atoms with Crippen molar-refractivity contribution in [3.8, 4) is 0 Å². The number of rotatable bonds is 4. The summed E-state index contributed by atoms with van der Waals surface area (Å²) in [5, 5.41) is 5.64. The Morgan fingerprint density at radius 2 is 2.18 bits per heavy atom. The molecule has 0 fully saturated rings. The Hall–Kier alpha value is -1.84. The van der Waals surface area contributed by atoms with Crippen molar-refractivity contribution in [3.63, 3.8) is 0 Å². The SMILES string of the molecule is CCC(=O)NCCC1C(=O)Nc2ccccc21. The zero-order chi connectivity index (χ0) is 12.3. The zero-order valence-electron chi connectivity index (χ0n) is 9.82. The van der Waals surface area contributed by atoms with E-state index >= 15 is 0 Å². The van der Waals surface area contributed by atoms with E-state index in [0.29, 0.717) is 19.4 Å². The van der Waals surface area contributed by atoms with Crippen molar-refractivity contribution in [1.82, 2.24) is 5.32 Å². The summed E-state index contributed by atoms with van der Waals surface area (Å²) in [6.07, 6.45) is 1.13. The molecule has 0 bridgehead atoms. The van der Waals surface area contributed by atoms with Gasteiger partial charge in [0.2, 0.25) is 11.8 Å². The molecule has 1 heterocycles. The molecule has 4 heteroatoms. The van der Waals surface area contributed by atoms with E-state index in [0.717, 1.165) is 11.3 Å². The number of hydrogen-bond donors (Lipinski definition) is 2. The van der Waals surface area contributed by atoms with Crippen LogP contribution in [0.25, 0.3) is 0 Å². The summed E-state index contributed by atoms with van der Waals surface area (Å²) in [7, 11) is 0. The maximum atomic E-state index is 11.8. The van der Waals surface area contributed by atoms with Crippen molar-refractivity contribution >= 4 is 17.5 Å². The first-order chi connectivity index (χ1) is 8.22. The van der Waals surface area contributed by atoms with Crippen molar-refractivity contribution < 1.29 is 9.59 Å². The molecule has 0 radical (unpaired) electrons. The molecule has 1 aliphatic heterocycles. The van der Waals surface area contributed by atoms with Gasteiger partial charge in [-0.1, -0.05) is 25.1 Å². The van der Waals surface area contributed by atoms with E-state index in [4.69, 9.17) is 0 Å². The first kappa shape index (κ1) is 11.6. The van der Waals surface area contributed by atoms with Crippen LogP contribution in [-0.4, -0.2) is 18.4 Å². The average Bonchev–Trinajstić information content (AvgIpc) is 2.66. The summed E-state index contributed by atoms with van der Waals surface area (Å²) in [6, 6.07) is 7.69. The summed E-state index contributed by atoms with van der Waals surface area (Å²) in [5.74, 6) is -0.0861. The number of hydrogen-bond acceptors (Lipinski definition) is 2. The molecule has 1 aromatic rings. The lowest BCUT2D eigenvalue weighted by atomic mass is 9.97. The van der Waals surface area contributed by atoms with Gasteiger partial charge in [-0.15, -0.1) is 0 Å². The molecule has 2 N–H and O–H groups in total. The smallest absolute Gasteiger partial charge is 0.232 e. The molecule has 2 amide bonds. The second kappa shape index (κ2) is 4.99. The monoisotopic (exact) mass is 232 g/mol. The van der Waals surface area contributed by atoms with Crippen LogP contribution in [0.3, 0.4) is 0 Å². The predicted octanol–water partition coefficient (Wildman–Crippen LogP) is 1.64. The largest absolute Gasteiger partial charge is 0.356 e. The Balaban J connectivity index is 1.97. The minimum Gasteiger partial charge on any atom is -0.356 e. The van der Waals surface area contributed by atoms with Gasteiger partial charge in [0.1, 0.15) is 0 Å². The van der Waals surface area contributed by atoms with E-state index in [2.05, 4.69) is 10.6 Å². The average molecular weight is 232 g/mol. The molecule has 17 heavy (non-hydrogen) atoms. The Morgan fingerprint density at radius 3 is 2.94 bits per heavy atom. The van der Waals surface area contributed by atoms with Gasteiger partial charge < -0.3 is 10.6 Å². The van der Waals surface area contributed by atoms with Crippen molar-refractivity contribution in [1.29, 1.82) is 0 Å². The van der Waals surface area contributed by atoms with Crippen LogP contribution in [0, 0.1) is 0 Å². The molecule has 0 saturated carbocycles. The van der Waals surface area contributed by atoms with Crippen LogP contribution in [0.2, 0.25) is 0 Å². The molecule has 0 spiro atoms. The predicted molar refractivity (Wildman–Crippen MR) is 65.7 cm³/mol. The number of amides is 2. The van der Waals surface area contributed by atoms with Crippen molar-refractivity contribution in [2.45, 2.75) is 25.7 Å². The van der Waals surface area contributed by atoms with Crippen molar-refractivity contribution in [2.75, 3.05) is 11.9 Å². The fourth-order valence-corrected chi connectivity index (χ4v) is 2.04. The highest BCUT2D eigenvalue weighted by atomic mass is 16.2. The van der Waals surface area contributed by atoms with Gasteiger partial charge in [0.05, 0.1) is 5.92 Å². The summed E-state index contributed by atoms with van der Waals surface area (Å²) >= 11 is 0. The van der Waals surface area contributed by atoms with Gasteiger partial charge in [-0.2, -0.15) is 0 Å². The highest BCUT2D eigenvalue weighted by Gasteiger charge is 2.29. The molecule has 1 aliphatic rings. The van der Waals surface area contributed by atoms with Crippen molar-refractivity contribution in [2.24, 2.45) is 0 Å². The summed E-state index contributed by atoms with van der Waals surface area (Å²) in [4.78, 5) is 22.9. The second-order valence-corrected chi connectivity index (χ2v) is 4.12. The minimum absolute atomic E-state index is 0.0247. The minimum atomic E-state index is -0.136. The number of fused-ring (bicyclic) bond motifs is 1. The van der Waals surface area contributed by atoms with Crippen LogP contribution in [0.4, 0.5) is 5.69 Å². The van der Waals surface area contributed by atoms with Gasteiger partial charge in [0, 0.05) is 18.7 Å². The highest BCUT2D eigenvalue weighted by Crippen LogP contribution is 2.33. The number of carbonyl (C=O) groups excluding carboxylic acids is 2. The lowest BCUT2D eigenvalue weighted by Crippen LogP contribution is -2.26. The van der Waals surface area contributed by atoms with Gasteiger partial charge in [0.25, 0.3) is 0 Å². The zero-order valence-corrected chi connectivity index (χ0v) is 9.82. The quantitative estimate of drug-likeness (QED) is 0.829. The number of anilines is 1. The Labute approximate surface area is 100 Å². The molecule has 1 unspecified atom stereocenters. The summed E-state index contributed by atoms with van der Waals surface area (Å²) in [5.41, 5.74) is 1.92. The van der Waals surface area contributed by atoms with Crippen LogP contribution < -0.4 is 10.6 Å². The van der Waals surface area contributed by atoms with Crippen LogP contribution in [0.1, 0.15) is 31.2 Å². The Bertz CT molecular complexity index is 443. The van der Waals surface area contributed by atoms with Crippen LogP contribution in [0.15, 0.2) is 24.3 Å². The molecule has 90 valence electrons. The Morgan fingerprint density at radius 1 is 1.41 bits per heavy atom.